The van der Waals surface area contributed by atoms with Gasteiger partial charge in [0.15, 0.2) is 0 Å². The third-order valence-electron chi connectivity index (χ3n) is 2.86. The first-order valence-corrected chi connectivity index (χ1v) is 9.89. The van der Waals surface area contributed by atoms with E-state index in [1.807, 2.05) is 65.8 Å². The molecule has 0 bridgehead atoms. The first-order valence-electron chi connectivity index (χ1n) is 8.74. The van der Waals surface area contributed by atoms with E-state index in [1.165, 1.54) is 0 Å². The van der Waals surface area contributed by atoms with E-state index in [9.17, 15) is 8.78 Å². The number of thioether (sulfide) groups is 1. The van der Waals surface area contributed by atoms with Crippen molar-refractivity contribution in [2.45, 2.75) is 41.5 Å². The van der Waals surface area contributed by atoms with Crippen LogP contribution in [0.3, 0.4) is 0 Å². The summed E-state index contributed by atoms with van der Waals surface area (Å²) in [6, 6.07) is 4.02. The minimum absolute atomic E-state index is 0.580. The van der Waals surface area contributed by atoms with Crippen LogP contribution in [0.15, 0.2) is 29.4 Å². The third-order valence-corrected chi connectivity index (χ3v) is 3.77. The van der Waals surface area contributed by atoms with E-state index >= 15 is 0 Å². The molecule has 156 valence electrons. The molecule has 0 aliphatic carbocycles. The van der Waals surface area contributed by atoms with Crippen LogP contribution in [0.5, 0.6) is 11.5 Å². The van der Waals surface area contributed by atoms with Crippen LogP contribution in [0.4, 0.5) is 8.78 Å². The van der Waals surface area contributed by atoms with Crippen molar-refractivity contribution in [1.82, 2.24) is 0 Å². The van der Waals surface area contributed by atoms with Crippen LogP contribution in [-0.2, 0) is 4.84 Å². The number of oxime groups is 1. The average molecular weight is 406 g/mol. The van der Waals surface area contributed by atoms with Gasteiger partial charge in [-0.3, -0.25) is 0 Å². The van der Waals surface area contributed by atoms with Crippen molar-refractivity contribution >= 4 is 17.5 Å². The number of aryl methyl sites for hydroxylation is 2. The molecule has 0 atom stereocenters. The molecule has 0 heterocycles. The number of alkyl halides is 2. The standard InChI is InChI=1S/C17H25NO3S.C2H6.CH2F2/c1-6-7-8-20-16-9-13(2)17(14(3)10-16)21-12-22-11-15(4)18-19-5;1-2;2-1-3/h6-7,9-10H,8,11-12H2,1-5H3;1-2H3;1H2/b7-6+,18-15-;;. The number of ether oxygens (including phenoxy) is 2. The Hall–Kier alpha value is -1.76. The second kappa shape index (κ2) is 19.0. The quantitative estimate of drug-likeness (QED) is 0.160. The van der Waals surface area contributed by atoms with Gasteiger partial charge in [0.05, 0.1) is 5.71 Å². The predicted molar refractivity (Wildman–Crippen MR) is 113 cm³/mol. The molecule has 0 radical (unpaired) electrons. The van der Waals surface area contributed by atoms with Gasteiger partial charge in [-0.1, -0.05) is 31.2 Å². The van der Waals surface area contributed by atoms with Crippen molar-refractivity contribution in [3.63, 3.8) is 0 Å². The smallest absolute Gasteiger partial charge is 0.229 e. The van der Waals surface area contributed by atoms with E-state index in [2.05, 4.69) is 5.16 Å². The van der Waals surface area contributed by atoms with Crippen molar-refractivity contribution in [3.05, 3.63) is 35.4 Å². The van der Waals surface area contributed by atoms with E-state index in [1.54, 1.807) is 18.9 Å². The summed E-state index contributed by atoms with van der Waals surface area (Å²) >= 11 is 1.66. The fourth-order valence-electron chi connectivity index (χ4n) is 1.93. The normalized spacial score (nSPS) is 10.5. The summed E-state index contributed by atoms with van der Waals surface area (Å²) in [5, 5.41) is 3.87. The minimum atomic E-state index is -1.75. The van der Waals surface area contributed by atoms with Crippen molar-refractivity contribution in [3.8, 4) is 11.5 Å². The average Bonchev–Trinajstić information content (AvgIpc) is 2.63. The Morgan fingerprint density at radius 1 is 1.15 bits per heavy atom. The molecule has 1 rings (SSSR count). The first kappa shape index (κ1) is 27.5. The highest BCUT2D eigenvalue weighted by atomic mass is 32.2. The maximum absolute atomic E-state index is 9.62. The maximum atomic E-state index is 9.62. The lowest BCUT2D eigenvalue weighted by molar-refractivity contribution is 0.213. The lowest BCUT2D eigenvalue weighted by atomic mass is 10.1. The van der Waals surface area contributed by atoms with Crippen molar-refractivity contribution in [1.29, 1.82) is 0 Å². The van der Waals surface area contributed by atoms with Crippen LogP contribution in [0, 0.1) is 13.8 Å². The Morgan fingerprint density at radius 3 is 2.19 bits per heavy atom. The lowest BCUT2D eigenvalue weighted by Gasteiger charge is -2.14. The number of halogens is 2. The monoisotopic (exact) mass is 405 g/mol. The molecular weight excluding hydrogens is 372 g/mol. The summed E-state index contributed by atoms with van der Waals surface area (Å²) in [5.74, 6) is 3.16. The Morgan fingerprint density at radius 2 is 1.70 bits per heavy atom. The highest BCUT2D eigenvalue weighted by Crippen LogP contribution is 2.29. The van der Waals surface area contributed by atoms with E-state index in [0.29, 0.717) is 12.5 Å². The van der Waals surface area contributed by atoms with Crippen LogP contribution >= 0.6 is 11.8 Å². The number of hydrogen-bond donors (Lipinski definition) is 0. The minimum Gasteiger partial charge on any atom is -0.490 e. The predicted octanol–water partition coefficient (Wildman–Crippen LogP) is 6.26. The molecule has 0 aliphatic rings. The summed E-state index contributed by atoms with van der Waals surface area (Å²) in [6.07, 6.45) is 3.96. The number of rotatable bonds is 9. The molecule has 0 aliphatic heterocycles. The highest BCUT2D eigenvalue weighted by molar-refractivity contribution is 7.99. The number of allylic oxidation sites excluding steroid dienone is 1. The maximum Gasteiger partial charge on any atom is 0.229 e. The van der Waals surface area contributed by atoms with Crippen molar-refractivity contribution < 1.29 is 23.1 Å². The van der Waals surface area contributed by atoms with Crippen molar-refractivity contribution in [2.75, 3.05) is 32.3 Å². The Bertz CT molecular complexity index is 529. The fourth-order valence-corrected chi connectivity index (χ4v) is 2.57. The van der Waals surface area contributed by atoms with E-state index in [4.69, 9.17) is 14.3 Å². The Kier molecular flexibility index (Phi) is 19.3. The Labute approximate surface area is 167 Å². The van der Waals surface area contributed by atoms with E-state index < -0.39 is 6.93 Å². The molecule has 27 heavy (non-hydrogen) atoms. The van der Waals surface area contributed by atoms with Crippen LogP contribution in [0.25, 0.3) is 0 Å². The molecule has 0 spiro atoms. The third kappa shape index (κ3) is 14.0. The van der Waals surface area contributed by atoms with Gasteiger partial charge in [-0.15, -0.1) is 11.8 Å². The molecule has 0 aromatic heterocycles. The number of hydrogen-bond acceptors (Lipinski definition) is 5. The summed E-state index contributed by atoms with van der Waals surface area (Å²) < 4.78 is 30.8. The van der Waals surface area contributed by atoms with Gasteiger partial charge in [0.2, 0.25) is 6.93 Å². The zero-order valence-corrected chi connectivity index (χ0v) is 18.3. The SMILES string of the molecule is C/C=C/COc1cc(C)c(OCSC/C(C)=N\OC)c(C)c1.CC.FCF. The first-order chi connectivity index (χ1) is 13.0. The van der Waals surface area contributed by atoms with E-state index in [-0.39, 0.29) is 0 Å². The zero-order valence-electron chi connectivity index (χ0n) is 17.5. The van der Waals surface area contributed by atoms with Gasteiger partial charge in [-0.05, 0) is 51.0 Å². The largest absolute Gasteiger partial charge is 0.490 e. The molecule has 1 aromatic carbocycles. The molecular formula is C20H33F2NO3S. The van der Waals surface area contributed by atoms with Gasteiger partial charge in [0, 0.05) is 5.75 Å². The molecule has 4 nitrogen and oxygen atoms in total. The van der Waals surface area contributed by atoms with Crippen LogP contribution in [0.1, 0.15) is 38.8 Å². The molecule has 0 amide bonds. The summed E-state index contributed by atoms with van der Waals surface area (Å²) in [4.78, 5) is 4.73. The fraction of sp³-hybridized carbons (Fsp3) is 0.550. The van der Waals surface area contributed by atoms with Gasteiger partial charge in [-0.2, -0.15) is 0 Å². The molecule has 0 unspecified atom stereocenters. The molecule has 1 aromatic rings. The zero-order chi connectivity index (χ0) is 21.1. The summed E-state index contributed by atoms with van der Waals surface area (Å²) in [6.45, 7) is 10.8. The molecule has 0 saturated carbocycles. The van der Waals surface area contributed by atoms with E-state index in [0.717, 1.165) is 34.1 Å². The number of nitrogens with zero attached hydrogens (tertiary/aromatic N) is 1. The molecule has 0 fully saturated rings. The Balaban J connectivity index is 0. The van der Waals surface area contributed by atoms with Crippen LogP contribution < -0.4 is 9.47 Å². The van der Waals surface area contributed by atoms with Gasteiger partial charge in [0.1, 0.15) is 31.2 Å². The van der Waals surface area contributed by atoms with Gasteiger partial charge >= 0.3 is 0 Å². The van der Waals surface area contributed by atoms with Crippen molar-refractivity contribution in [2.24, 2.45) is 5.16 Å². The van der Waals surface area contributed by atoms with Gasteiger partial charge in [0.25, 0.3) is 0 Å². The second-order valence-corrected chi connectivity index (χ2v) is 5.92. The topological polar surface area (TPSA) is 40.0 Å². The lowest BCUT2D eigenvalue weighted by Crippen LogP contribution is -2.03. The number of benzene rings is 1. The highest BCUT2D eigenvalue weighted by Gasteiger charge is 2.07. The van der Waals surface area contributed by atoms with Gasteiger partial charge in [-0.25, -0.2) is 8.78 Å². The van der Waals surface area contributed by atoms with Gasteiger partial charge < -0.3 is 14.3 Å². The summed E-state index contributed by atoms with van der Waals surface area (Å²) in [7, 11) is 1.55. The molecule has 0 saturated heterocycles. The van der Waals surface area contributed by atoms with Crippen LogP contribution in [-0.4, -0.2) is 38.0 Å². The molecule has 7 heteroatoms. The molecule has 0 N–H and O–H groups in total. The second-order valence-electron chi connectivity index (χ2n) is 4.99. The summed E-state index contributed by atoms with van der Waals surface area (Å²) in [5.41, 5.74) is 3.11. The van der Waals surface area contributed by atoms with Crippen LogP contribution in [0.2, 0.25) is 0 Å².